The molecule has 3 aromatic rings. The summed E-state index contributed by atoms with van der Waals surface area (Å²) in [5, 5.41) is 0.170. The maximum atomic E-state index is 14.0. The van der Waals surface area contributed by atoms with E-state index in [1.54, 1.807) is 54.6 Å². The van der Waals surface area contributed by atoms with Crippen molar-refractivity contribution >= 4 is 40.6 Å². The molecule has 0 atom stereocenters. The van der Waals surface area contributed by atoms with Crippen molar-refractivity contribution in [3.8, 4) is 11.5 Å². The molecule has 1 aliphatic rings. The Morgan fingerprint density at radius 3 is 2.52 bits per heavy atom. The zero-order valence-electron chi connectivity index (χ0n) is 17.6. The van der Waals surface area contributed by atoms with E-state index in [-0.39, 0.29) is 23.6 Å². The predicted octanol–water partition coefficient (Wildman–Crippen LogP) is 6.30. The number of carbonyl (C=O) groups is 2. The highest BCUT2D eigenvalue weighted by Gasteiger charge is 2.35. The van der Waals surface area contributed by atoms with Gasteiger partial charge in [-0.1, -0.05) is 54.1 Å². The average molecular weight is 484 g/mol. The summed E-state index contributed by atoms with van der Waals surface area (Å²) in [6, 6.07) is 18.6. The normalized spacial score (nSPS) is 14.8. The largest absolute Gasteiger partial charge is 0.493 e. The molecule has 3 aromatic carbocycles. The quantitative estimate of drug-likeness (QED) is 0.369. The van der Waals surface area contributed by atoms with E-state index in [0.717, 1.165) is 22.2 Å². The lowest BCUT2D eigenvalue weighted by Gasteiger charge is -2.14. The molecule has 0 bridgehead atoms. The predicted molar refractivity (Wildman–Crippen MR) is 127 cm³/mol. The smallest absolute Gasteiger partial charge is 0.293 e. The summed E-state index contributed by atoms with van der Waals surface area (Å²) in [5.74, 6) is -0.0231. The van der Waals surface area contributed by atoms with Crippen molar-refractivity contribution in [3.63, 3.8) is 0 Å². The first-order valence-electron chi connectivity index (χ1n) is 9.99. The third-order valence-electron chi connectivity index (χ3n) is 4.97. The summed E-state index contributed by atoms with van der Waals surface area (Å²) >= 11 is 6.74. The third-order valence-corrected chi connectivity index (χ3v) is 6.13. The molecule has 0 unspecified atom stereocenters. The molecular formula is C25H19ClFNO4S. The van der Waals surface area contributed by atoms with Gasteiger partial charge in [-0.2, -0.15) is 0 Å². The van der Waals surface area contributed by atoms with E-state index in [1.165, 1.54) is 13.2 Å². The lowest BCUT2D eigenvalue weighted by Crippen LogP contribution is -2.27. The lowest BCUT2D eigenvalue weighted by atomic mass is 10.1. The van der Waals surface area contributed by atoms with Crippen molar-refractivity contribution < 1.29 is 23.5 Å². The molecule has 33 heavy (non-hydrogen) atoms. The first-order chi connectivity index (χ1) is 16.0. The van der Waals surface area contributed by atoms with Crippen LogP contribution in [0.5, 0.6) is 11.5 Å². The molecule has 1 heterocycles. The number of hydrogen-bond acceptors (Lipinski definition) is 5. The maximum absolute atomic E-state index is 14.0. The van der Waals surface area contributed by atoms with Crippen LogP contribution in [0.25, 0.3) is 6.08 Å². The minimum Gasteiger partial charge on any atom is -0.493 e. The van der Waals surface area contributed by atoms with Crippen LogP contribution in [0.2, 0.25) is 5.02 Å². The standard InChI is InChI=1S/C25H19ClFNO4S/c1-31-21-8-4-6-17(23(21)32-15-16-9-11-19(26)12-10-16)13-22-24(29)28(25(30)33-22)14-18-5-2-3-7-20(18)27/h2-13H,14-15H2,1H3/b22-13-. The van der Waals surface area contributed by atoms with Gasteiger partial charge in [0.2, 0.25) is 0 Å². The molecule has 1 fully saturated rings. The zero-order valence-corrected chi connectivity index (χ0v) is 19.2. The monoisotopic (exact) mass is 483 g/mol. The van der Waals surface area contributed by atoms with E-state index >= 15 is 0 Å². The Kier molecular flexibility index (Phi) is 7.01. The molecule has 1 saturated heterocycles. The average Bonchev–Trinajstić information content (AvgIpc) is 3.07. The van der Waals surface area contributed by atoms with Crippen LogP contribution in [-0.2, 0) is 17.9 Å². The van der Waals surface area contributed by atoms with Crippen LogP contribution in [0.15, 0.2) is 71.6 Å². The number of benzene rings is 3. The van der Waals surface area contributed by atoms with Crippen LogP contribution in [-0.4, -0.2) is 23.2 Å². The zero-order chi connectivity index (χ0) is 23.4. The number of nitrogens with zero attached hydrogens (tertiary/aromatic N) is 1. The third kappa shape index (κ3) is 5.21. The number of imide groups is 1. The van der Waals surface area contributed by atoms with Crippen molar-refractivity contribution in [2.75, 3.05) is 7.11 Å². The molecule has 0 saturated carbocycles. The fraction of sp³-hybridized carbons (Fsp3) is 0.120. The molecule has 5 nitrogen and oxygen atoms in total. The van der Waals surface area contributed by atoms with E-state index in [1.807, 2.05) is 12.1 Å². The van der Waals surface area contributed by atoms with E-state index in [9.17, 15) is 14.0 Å². The van der Waals surface area contributed by atoms with Crippen molar-refractivity contribution in [2.24, 2.45) is 0 Å². The van der Waals surface area contributed by atoms with Gasteiger partial charge in [-0.25, -0.2) is 4.39 Å². The second-order valence-corrected chi connectivity index (χ2v) is 8.58. The molecule has 1 aliphatic heterocycles. The molecule has 2 amide bonds. The number of para-hydroxylation sites is 1. The van der Waals surface area contributed by atoms with Crippen molar-refractivity contribution in [3.05, 3.63) is 99.2 Å². The van der Waals surface area contributed by atoms with E-state index in [4.69, 9.17) is 21.1 Å². The minimum absolute atomic E-state index is 0.132. The SMILES string of the molecule is COc1cccc(/C=C2\SC(=O)N(Cc3ccccc3F)C2=O)c1OCc1ccc(Cl)cc1. The topological polar surface area (TPSA) is 55.8 Å². The molecule has 0 N–H and O–H groups in total. The molecule has 0 spiro atoms. The Morgan fingerprint density at radius 2 is 1.79 bits per heavy atom. The van der Waals surface area contributed by atoms with Crippen LogP contribution >= 0.6 is 23.4 Å². The van der Waals surface area contributed by atoms with Gasteiger partial charge < -0.3 is 9.47 Å². The Hall–Kier alpha value is -3.29. The molecule has 8 heteroatoms. The lowest BCUT2D eigenvalue weighted by molar-refractivity contribution is -0.123. The van der Waals surface area contributed by atoms with Gasteiger partial charge in [-0.3, -0.25) is 14.5 Å². The van der Waals surface area contributed by atoms with Crippen molar-refractivity contribution in [1.29, 1.82) is 0 Å². The molecule has 0 radical (unpaired) electrons. The first kappa shape index (κ1) is 22.9. The Morgan fingerprint density at radius 1 is 1.03 bits per heavy atom. The van der Waals surface area contributed by atoms with Gasteiger partial charge in [-0.15, -0.1) is 0 Å². The second-order valence-electron chi connectivity index (χ2n) is 7.15. The highest BCUT2D eigenvalue weighted by molar-refractivity contribution is 8.18. The Bertz CT molecular complexity index is 1230. The van der Waals surface area contributed by atoms with E-state index in [2.05, 4.69) is 0 Å². The number of thioether (sulfide) groups is 1. The number of rotatable bonds is 7. The molecular weight excluding hydrogens is 465 g/mol. The van der Waals surface area contributed by atoms with Gasteiger partial charge in [-0.05, 0) is 47.7 Å². The molecule has 4 rings (SSSR count). The number of ether oxygens (including phenoxy) is 2. The number of amides is 2. The summed E-state index contributed by atoms with van der Waals surface area (Å²) in [4.78, 5) is 26.7. The summed E-state index contributed by atoms with van der Waals surface area (Å²) < 4.78 is 25.5. The highest BCUT2D eigenvalue weighted by atomic mass is 35.5. The van der Waals surface area contributed by atoms with Crippen molar-refractivity contribution in [2.45, 2.75) is 13.2 Å². The fourth-order valence-electron chi connectivity index (χ4n) is 3.27. The minimum atomic E-state index is -0.486. The highest BCUT2D eigenvalue weighted by Crippen LogP contribution is 2.38. The van der Waals surface area contributed by atoms with Gasteiger partial charge in [0.15, 0.2) is 11.5 Å². The van der Waals surface area contributed by atoms with Gasteiger partial charge in [0.1, 0.15) is 12.4 Å². The van der Waals surface area contributed by atoms with Crippen LogP contribution in [0.4, 0.5) is 9.18 Å². The van der Waals surface area contributed by atoms with Gasteiger partial charge in [0.25, 0.3) is 11.1 Å². The molecule has 0 aliphatic carbocycles. The van der Waals surface area contributed by atoms with Gasteiger partial charge in [0, 0.05) is 16.1 Å². The molecule has 0 aromatic heterocycles. The second kappa shape index (κ2) is 10.1. The maximum Gasteiger partial charge on any atom is 0.293 e. The van der Waals surface area contributed by atoms with Crippen molar-refractivity contribution in [1.82, 2.24) is 4.90 Å². The Labute approximate surface area is 199 Å². The summed E-state index contributed by atoms with van der Waals surface area (Å²) in [6.07, 6.45) is 1.59. The number of carbonyl (C=O) groups excluding carboxylic acids is 2. The Balaban J connectivity index is 1.59. The molecule has 168 valence electrons. The number of halogens is 2. The first-order valence-corrected chi connectivity index (χ1v) is 11.2. The number of hydrogen-bond donors (Lipinski definition) is 0. The van der Waals surface area contributed by atoms with Crippen LogP contribution < -0.4 is 9.47 Å². The van der Waals surface area contributed by atoms with Gasteiger partial charge in [0.05, 0.1) is 18.6 Å². The summed E-state index contributed by atoms with van der Waals surface area (Å²) in [5.41, 5.74) is 1.76. The summed E-state index contributed by atoms with van der Waals surface area (Å²) in [7, 11) is 1.52. The summed E-state index contributed by atoms with van der Waals surface area (Å²) in [6.45, 7) is 0.125. The number of methoxy groups -OCH3 is 1. The van der Waals surface area contributed by atoms with Crippen LogP contribution in [0, 0.1) is 5.82 Å². The van der Waals surface area contributed by atoms with Gasteiger partial charge >= 0.3 is 0 Å². The fourth-order valence-corrected chi connectivity index (χ4v) is 4.23. The van der Waals surface area contributed by atoms with E-state index in [0.29, 0.717) is 22.1 Å². The van der Waals surface area contributed by atoms with E-state index < -0.39 is 17.0 Å². The van der Waals surface area contributed by atoms with Crippen LogP contribution in [0.3, 0.4) is 0 Å². The van der Waals surface area contributed by atoms with Crippen LogP contribution in [0.1, 0.15) is 16.7 Å².